The van der Waals surface area contributed by atoms with Crippen LogP contribution in [0.2, 0.25) is 0 Å². The molecule has 2 N–H and O–H groups in total. The number of rotatable bonds is 2. The SMILES string of the molecule is CC1=NN(c2ccc(N)cn2)C(=O)[C@H]1C1CC1. The van der Waals surface area contributed by atoms with Gasteiger partial charge in [-0.2, -0.15) is 10.1 Å². The van der Waals surface area contributed by atoms with E-state index in [1.165, 1.54) is 11.2 Å². The second-order valence-corrected chi connectivity index (χ2v) is 4.66. The Kier molecular flexibility index (Phi) is 2.14. The summed E-state index contributed by atoms with van der Waals surface area (Å²) >= 11 is 0. The molecule has 5 heteroatoms. The average molecular weight is 230 g/mol. The zero-order valence-corrected chi connectivity index (χ0v) is 9.63. The number of nitrogens with zero attached hydrogens (tertiary/aromatic N) is 3. The molecule has 0 aromatic carbocycles. The van der Waals surface area contributed by atoms with E-state index in [0.29, 0.717) is 17.4 Å². The van der Waals surface area contributed by atoms with Crippen molar-refractivity contribution in [3.05, 3.63) is 18.3 Å². The molecule has 0 saturated heterocycles. The molecule has 0 bridgehead atoms. The smallest absolute Gasteiger partial charge is 0.257 e. The van der Waals surface area contributed by atoms with Gasteiger partial charge in [0.05, 0.1) is 17.8 Å². The Morgan fingerprint density at radius 3 is 2.76 bits per heavy atom. The quantitative estimate of drug-likeness (QED) is 0.835. The fourth-order valence-electron chi connectivity index (χ4n) is 2.24. The maximum absolute atomic E-state index is 12.2. The van der Waals surface area contributed by atoms with Crippen molar-refractivity contribution in [3.63, 3.8) is 0 Å². The summed E-state index contributed by atoms with van der Waals surface area (Å²) in [6, 6.07) is 3.45. The van der Waals surface area contributed by atoms with Gasteiger partial charge in [-0.05, 0) is 37.8 Å². The molecule has 3 rings (SSSR count). The number of carbonyl (C=O) groups is 1. The lowest BCUT2D eigenvalue weighted by Gasteiger charge is -2.12. The van der Waals surface area contributed by atoms with Gasteiger partial charge in [0.1, 0.15) is 0 Å². The molecular weight excluding hydrogens is 216 g/mol. The highest BCUT2D eigenvalue weighted by Crippen LogP contribution is 2.41. The highest BCUT2D eigenvalue weighted by molar-refractivity contribution is 6.14. The van der Waals surface area contributed by atoms with E-state index in [4.69, 9.17) is 5.73 Å². The minimum Gasteiger partial charge on any atom is -0.397 e. The second-order valence-electron chi connectivity index (χ2n) is 4.66. The average Bonchev–Trinajstić information content (AvgIpc) is 3.08. The first kappa shape index (κ1) is 10.3. The topological polar surface area (TPSA) is 71.6 Å². The number of hydrogen-bond donors (Lipinski definition) is 1. The van der Waals surface area contributed by atoms with Gasteiger partial charge < -0.3 is 5.73 Å². The zero-order chi connectivity index (χ0) is 12.0. The number of hydrogen-bond acceptors (Lipinski definition) is 4. The molecular formula is C12H14N4O. The molecule has 1 aliphatic carbocycles. The predicted molar refractivity (Wildman–Crippen MR) is 65.5 cm³/mol. The molecule has 17 heavy (non-hydrogen) atoms. The van der Waals surface area contributed by atoms with E-state index in [1.54, 1.807) is 12.1 Å². The Labute approximate surface area is 99.3 Å². The van der Waals surface area contributed by atoms with Crippen molar-refractivity contribution in [3.8, 4) is 0 Å². The van der Waals surface area contributed by atoms with Crippen LogP contribution in [0.15, 0.2) is 23.4 Å². The van der Waals surface area contributed by atoms with Crippen LogP contribution < -0.4 is 10.7 Å². The number of pyridine rings is 1. The third-order valence-corrected chi connectivity index (χ3v) is 3.26. The van der Waals surface area contributed by atoms with Crippen molar-refractivity contribution >= 4 is 23.1 Å². The monoisotopic (exact) mass is 230 g/mol. The van der Waals surface area contributed by atoms with Crippen LogP contribution in [0.5, 0.6) is 0 Å². The Bertz CT molecular complexity index is 490. The first-order chi connectivity index (χ1) is 8.16. The summed E-state index contributed by atoms with van der Waals surface area (Å²) in [6.07, 6.45) is 3.80. The number of carbonyl (C=O) groups excluding carboxylic acids is 1. The lowest BCUT2D eigenvalue weighted by atomic mass is 9.99. The Morgan fingerprint density at radius 2 is 2.18 bits per heavy atom. The number of amides is 1. The summed E-state index contributed by atoms with van der Waals surface area (Å²) in [5, 5.41) is 5.71. The van der Waals surface area contributed by atoms with Crippen LogP contribution in [-0.4, -0.2) is 16.6 Å². The molecule has 5 nitrogen and oxygen atoms in total. The van der Waals surface area contributed by atoms with Gasteiger partial charge in [-0.3, -0.25) is 4.79 Å². The summed E-state index contributed by atoms with van der Waals surface area (Å²) in [5.74, 6) is 1.05. The number of hydrazone groups is 1. The molecule has 1 fully saturated rings. The lowest BCUT2D eigenvalue weighted by molar-refractivity contribution is -0.120. The van der Waals surface area contributed by atoms with E-state index in [-0.39, 0.29) is 11.8 Å². The van der Waals surface area contributed by atoms with E-state index < -0.39 is 0 Å². The highest BCUT2D eigenvalue weighted by atomic mass is 16.2. The van der Waals surface area contributed by atoms with E-state index >= 15 is 0 Å². The van der Waals surface area contributed by atoms with Crippen LogP contribution in [0.25, 0.3) is 0 Å². The summed E-state index contributed by atoms with van der Waals surface area (Å²) in [5.41, 5.74) is 7.05. The maximum Gasteiger partial charge on any atom is 0.257 e. The fourth-order valence-corrected chi connectivity index (χ4v) is 2.24. The van der Waals surface area contributed by atoms with Crippen molar-refractivity contribution in [1.29, 1.82) is 0 Å². The lowest BCUT2D eigenvalue weighted by Crippen LogP contribution is -2.28. The molecule has 0 radical (unpaired) electrons. The normalized spacial score (nSPS) is 24.1. The van der Waals surface area contributed by atoms with Crippen LogP contribution in [0.1, 0.15) is 19.8 Å². The van der Waals surface area contributed by atoms with Gasteiger partial charge in [-0.15, -0.1) is 0 Å². The van der Waals surface area contributed by atoms with Crippen LogP contribution in [0.4, 0.5) is 11.5 Å². The van der Waals surface area contributed by atoms with Crippen LogP contribution in [-0.2, 0) is 4.79 Å². The third kappa shape index (κ3) is 1.67. The number of nitrogens with two attached hydrogens (primary N) is 1. The molecule has 0 unspecified atom stereocenters. The number of aromatic nitrogens is 1. The van der Waals surface area contributed by atoms with Gasteiger partial charge in [0.15, 0.2) is 5.82 Å². The number of anilines is 2. The largest absolute Gasteiger partial charge is 0.397 e. The molecule has 1 aliphatic heterocycles. The van der Waals surface area contributed by atoms with Gasteiger partial charge in [-0.25, -0.2) is 4.98 Å². The zero-order valence-electron chi connectivity index (χ0n) is 9.63. The molecule has 1 amide bonds. The summed E-state index contributed by atoms with van der Waals surface area (Å²) in [4.78, 5) is 16.4. The molecule has 1 aromatic rings. The molecule has 1 aromatic heterocycles. The summed E-state index contributed by atoms with van der Waals surface area (Å²) < 4.78 is 0. The Morgan fingerprint density at radius 1 is 1.41 bits per heavy atom. The van der Waals surface area contributed by atoms with E-state index in [2.05, 4.69) is 10.1 Å². The Balaban J connectivity index is 1.90. The van der Waals surface area contributed by atoms with Gasteiger partial charge in [-0.1, -0.05) is 0 Å². The van der Waals surface area contributed by atoms with Crippen LogP contribution in [0, 0.1) is 11.8 Å². The van der Waals surface area contributed by atoms with E-state index in [0.717, 1.165) is 18.6 Å². The van der Waals surface area contributed by atoms with Crippen LogP contribution in [0.3, 0.4) is 0 Å². The third-order valence-electron chi connectivity index (χ3n) is 3.26. The minimum atomic E-state index is -0.0330. The first-order valence-corrected chi connectivity index (χ1v) is 5.77. The van der Waals surface area contributed by atoms with Crippen molar-refractivity contribution < 1.29 is 4.79 Å². The second kappa shape index (κ2) is 3.55. The van der Waals surface area contributed by atoms with Gasteiger partial charge in [0.2, 0.25) is 0 Å². The van der Waals surface area contributed by atoms with E-state index in [1.807, 2.05) is 6.92 Å². The van der Waals surface area contributed by atoms with Gasteiger partial charge >= 0.3 is 0 Å². The standard InChI is InChI=1S/C12H14N4O/c1-7-11(8-2-3-8)12(17)16(15-7)10-5-4-9(13)6-14-10/h4-6,8,11H,2-3,13H2,1H3/t11-/m1/s1. The van der Waals surface area contributed by atoms with Crippen molar-refractivity contribution in [2.24, 2.45) is 16.9 Å². The van der Waals surface area contributed by atoms with Gasteiger partial charge in [0, 0.05) is 5.71 Å². The molecule has 88 valence electrons. The fraction of sp³-hybridized carbons (Fsp3) is 0.417. The van der Waals surface area contributed by atoms with Gasteiger partial charge in [0.25, 0.3) is 5.91 Å². The van der Waals surface area contributed by atoms with Crippen molar-refractivity contribution in [2.75, 3.05) is 10.7 Å². The number of nitrogen functional groups attached to an aromatic ring is 1. The molecule has 2 aliphatic rings. The summed E-state index contributed by atoms with van der Waals surface area (Å²) in [6.45, 7) is 1.91. The van der Waals surface area contributed by atoms with Crippen molar-refractivity contribution in [1.82, 2.24) is 4.98 Å². The molecule has 2 heterocycles. The molecule has 0 spiro atoms. The van der Waals surface area contributed by atoms with Crippen molar-refractivity contribution in [2.45, 2.75) is 19.8 Å². The Hall–Kier alpha value is -1.91. The van der Waals surface area contributed by atoms with E-state index in [9.17, 15) is 4.79 Å². The summed E-state index contributed by atoms with van der Waals surface area (Å²) in [7, 11) is 0. The molecule has 1 saturated carbocycles. The highest BCUT2D eigenvalue weighted by Gasteiger charge is 2.44. The predicted octanol–water partition coefficient (Wildman–Crippen LogP) is 1.41. The van der Waals surface area contributed by atoms with Crippen LogP contribution >= 0.6 is 0 Å². The minimum absolute atomic E-state index is 0.0330. The molecule has 1 atom stereocenters. The first-order valence-electron chi connectivity index (χ1n) is 5.77. The maximum atomic E-state index is 12.2.